The smallest absolute Gasteiger partial charge is 0.310 e. The van der Waals surface area contributed by atoms with Crippen LogP contribution in [0.3, 0.4) is 0 Å². The number of rotatable bonds is 8. The maximum absolute atomic E-state index is 13.0. The number of amides is 1. The van der Waals surface area contributed by atoms with Crippen LogP contribution in [0.4, 0.5) is 0 Å². The summed E-state index contributed by atoms with van der Waals surface area (Å²) in [4.78, 5) is 30.3. The van der Waals surface area contributed by atoms with Crippen LogP contribution < -0.4 is 0 Å². The van der Waals surface area contributed by atoms with E-state index in [0.29, 0.717) is 6.42 Å². The average molecular weight is 407 g/mol. The van der Waals surface area contributed by atoms with Crippen molar-refractivity contribution < 1.29 is 14.3 Å². The molecule has 1 heterocycles. The second kappa shape index (κ2) is 9.90. The number of hydrogen-bond acceptors (Lipinski definition) is 4. The number of esters is 1. The van der Waals surface area contributed by atoms with Crippen molar-refractivity contribution in [2.45, 2.75) is 38.3 Å². The summed E-state index contributed by atoms with van der Waals surface area (Å²) in [5.74, 6) is -0.708. The molecule has 1 saturated carbocycles. The first-order chi connectivity index (χ1) is 14.7. The molecule has 30 heavy (non-hydrogen) atoms. The van der Waals surface area contributed by atoms with E-state index in [9.17, 15) is 9.59 Å². The van der Waals surface area contributed by atoms with Crippen molar-refractivity contribution in [2.75, 3.05) is 26.2 Å². The Morgan fingerprint density at radius 2 is 1.47 bits per heavy atom. The molecule has 2 aromatic rings. The zero-order valence-electron chi connectivity index (χ0n) is 17.4. The highest BCUT2D eigenvalue weighted by atomic mass is 16.5. The van der Waals surface area contributed by atoms with E-state index in [1.54, 1.807) is 0 Å². The number of carbonyl (C=O) groups is 2. The van der Waals surface area contributed by atoms with Gasteiger partial charge in [-0.05, 0) is 30.4 Å². The lowest BCUT2D eigenvalue weighted by Gasteiger charge is -2.35. The molecular formula is C25H30N2O3. The number of carbonyl (C=O) groups excluding carboxylic acids is 2. The summed E-state index contributed by atoms with van der Waals surface area (Å²) in [5.41, 5.74) is 2.00. The van der Waals surface area contributed by atoms with Gasteiger partial charge in [-0.2, -0.15) is 0 Å². The second-order valence-electron chi connectivity index (χ2n) is 8.33. The molecule has 0 N–H and O–H groups in total. The second-order valence-corrected chi connectivity index (χ2v) is 8.33. The Labute approximate surface area is 178 Å². The van der Waals surface area contributed by atoms with Gasteiger partial charge in [-0.3, -0.25) is 14.5 Å². The molecule has 1 aliphatic heterocycles. The van der Waals surface area contributed by atoms with Gasteiger partial charge in [-0.15, -0.1) is 0 Å². The number of ether oxygens (including phenoxy) is 1. The minimum Gasteiger partial charge on any atom is -0.461 e. The minimum absolute atomic E-state index is 0.0584. The van der Waals surface area contributed by atoms with E-state index in [0.717, 1.165) is 43.3 Å². The van der Waals surface area contributed by atoms with Crippen LogP contribution in [0.15, 0.2) is 60.7 Å². The van der Waals surface area contributed by atoms with Crippen molar-refractivity contribution in [3.05, 3.63) is 71.8 Å². The fourth-order valence-electron chi connectivity index (χ4n) is 4.10. The van der Waals surface area contributed by atoms with Gasteiger partial charge >= 0.3 is 5.97 Å². The Balaban J connectivity index is 1.36. The standard InChI is InChI=1S/C25H30N2O3/c28-24(27-15-13-26(14-16-27)23-11-12-23)18-22(17-20-7-3-1-4-8-20)25(29)30-19-21-9-5-2-6-10-21/h1-10,22-23H,11-19H2/t22-/m1/s1. The minimum atomic E-state index is -0.468. The van der Waals surface area contributed by atoms with Gasteiger partial charge in [0.1, 0.15) is 6.61 Å². The van der Waals surface area contributed by atoms with Crippen molar-refractivity contribution in [3.63, 3.8) is 0 Å². The lowest BCUT2D eigenvalue weighted by molar-refractivity contribution is -0.153. The van der Waals surface area contributed by atoms with Gasteiger partial charge in [0, 0.05) is 38.6 Å². The maximum atomic E-state index is 13.0. The van der Waals surface area contributed by atoms with Crippen LogP contribution >= 0.6 is 0 Å². The maximum Gasteiger partial charge on any atom is 0.310 e. The van der Waals surface area contributed by atoms with Crippen LogP contribution in [-0.2, 0) is 27.4 Å². The molecule has 2 fully saturated rings. The summed E-state index contributed by atoms with van der Waals surface area (Å²) >= 11 is 0. The van der Waals surface area contributed by atoms with Crippen molar-refractivity contribution in [1.29, 1.82) is 0 Å². The van der Waals surface area contributed by atoms with Gasteiger partial charge in [0.15, 0.2) is 0 Å². The third-order valence-corrected chi connectivity index (χ3v) is 6.03. The predicted molar refractivity (Wildman–Crippen MR) is 116 cm³/mol. The van der Waals surface area contributed by atoms with Crippen LogP contribution in [0, 0.1) is 5.92 Å². The molecule has 5 nitrogen and oxygen atoms in total. The van der Waals surface area contributed by atoms with Gasteiger partial charge in [0.05, 0.1) is 5.92 Å². The van der Waals surface area contributed by atoms with Crippen molar-refractivity contribution >= 4 is 11.9 Å². The zero-order chi connectivity index (χ0) is 20.8. The van der Waals surface area contributed by atoms with Crippen molar-refractivity contribution in [3.8, 4) is 0 Å². The summed E-state index contributed by atoms with van der Waals surface area (Å²) < 4.78 is 5.59. The topological polar surface area (TPSA) is 49.9 Å². The van der Waals surface area contributed by atoms with Gasteiger partial charge < -0.3 is 9.64 Å². The SMILES string of the molecule is O=C(OCc1ccccc1)[C@@H](CC(=O)N1CCN(C2CC2)CC1)Cc1ccccc1. The lowest BCUT2D eigenvalue weighted by Crippen LogP contribution is -2.49. The highest BCUT2D eigenvalue weighted by Gasteiger charge is 2.33. The average Bonchev–Trinajstić information content (AvgIpc) is 3.64. The van der Waals surface area contributed by atoms with Crippen LogP contribution in [0.5, 0.6) is 0 Å². The van der Waals surface area contributed by atoms with E-state index >= 15 is 0 Å². The number of benzene rings is 2. The molecule has 5 heteroatoms. The Morgan fingerprint density at radius 1 is 0.867 bits per heavy atom. The molecule has 1 aliphatic carbocycles. The van der Waals surface area contributed by atoms with Crippen LogP contribution in [0.2, 0.25) is 0 Å². The first-order valence-corrected chi connectivity index (χ1v) is 11.0. The molecule has 0 bridgehead atoms. The van der Waals surface area contributed by atoms with E-state index in [1.807, 2.05) is 65.6 Å². The highest BCUT2D eigenvalue weighted by molar-refractivity contribution is 5.83. The fourth-order valence-corrected chi connectivity index (χ4v) is 4.10. The monoisotopic (exact) mass is 406 g/mol. The van der Waals surface area contributed by atoms with Gasteiger partial charge in [0.25, 0.3) is 0 Å². The first kappa shape index (κ1) is 20.6. The molecule has 2 aliphatic rings. The first-order valence-electron chi connectivity index (χ1n) is 11.0. The van der Waals surface area contributed by atoms with E-state index in [4.69, 9.17) is 4.74 Å². The zero-order valence-corrected chi connectivity index (χ0v) is 17.4. The van der Waals surface area contributed by atoms with Crippen LogP contribution in [0.1, 0.15) is 30.4 Å². The molecule has 1 amide bonds. The molecule has 158 valence electrons. The van der Waals surface area contributed by atoms with Crippen LogP contribution in [-0.4, -0.2) is 53.9 Å². The summed E-state index contributed by atoms with van der Waals surface area (Å²) in [7, 11) is 0. The largest absolute Gasteiger partial charge is 0.461 e. The van der Waals surface area contributed by atoms with E-state index in [-0.39, 0.29) is 24.9 Å². The fraction of sp³-hybridized carbons (Fsp3) is 0.440. The van der Waals surface area contributed by atoms with Crippen molar-refractivity contribution in [1.82, 2.24) is 9.80 Å². The molecule has 1 saturated heterocycles. The summed E-state index contributed by atoms with van der Waals surface area (Å²) in [5, 5.41) is 0. The Bertz CT molecular complexity index is 828. The molecule has 0 unspecified atom stereocenters. The molecule has 0 spiro atoms. The van der Waals surface area contributed by atoms with E-state index < -0.39 is 5.92 Å². The molecule has 4 rings (SSSR count). The van der Waals surface area contributed by atoms with E-state index in [1.165, 1.54) is 12.8 Å². The summed E-state index contributed by atoms with van der Waals surface area (Å²) in [6, 6.07) is 20.3. The van der Waals surface area contributed by atoms with E-state index in [2.05, 4.69) is 4.90 Å². The highest BCUT2D eigenvalue weighted by Crippen LogP contribution is 2.27. The Morgan fingerprint density at radius 3 is 2.07 bits per heavy atom. The Kier molecular flexibility index (Phi) is 6.80. The third-order valence-electron chi connectivity index (χ3n) is 6.03. The number of nitrogens with zero attached hydrogens (tertiary/aromatic N) is 2. The van der Waals surface area contributed by atoms with Gasteiger partial charge in [-0.25, -0.2) is 0 Å². The summed E-state index contributed by atoms with van der Waals surface area (Å²) in [6.45, 7) is 3.63. The predicted octanol–water partition coefficient (Wildman–Crippen LogP) is 3.29. The normalized spacial score (nSPS) is 18.1. The molecule has 1 atom stereocenters. The van der Waals surface area contributed by atoms with Gasteiger partial charge in [0.2, 0.25) is 5.91 Å². The lowest BCUT2D eigenvalue weighted by atomic mass is 9.95. The quantitative estimate of drug-likeness (QED) is 0.632. The Hall–Kier alpha value is -2.66. The third kappa shape index (κ3) is 5.70. The van der Waals surface area contributed by atoms with Crippen molar-refractivity contribution in [2.24, 2.45) is 5.92 Å². The van der Waals surface area contributed by atoms with Gasteiger partial charge in [-0.1, -0.05) is 60.7 Å². The molecule has 0 aromatic heterocycles. The summed E-state index contributed by atoms with van der Waals surface area (Å²) in [6.07, 6.45) is 3.30. The number of hydrogen-bond donors (Lipinski definition) is 0. The molecule has 2 aromatic carbocycles. The molecule has 0 radical (unpaired) electrons. The number of piperazine rings is 1. The van der Waals surface area contributed by atoms with Crippen LogP contribution in [0.25, 0.3) is 0 Å². The molecular weight excluding hydrogens is 376 g/mol.